The van der Waals surface area contributed by atoms with E-state index in [0.29, 0.717) is 24.2 Å². The first-order valence-electron chi connectivity index (χ1n) is 8.60. The molecule has 27 heavy (non-hydrogen) atoms. The van der Waals surface area contributed by atoms with E-state index >= 15 is 0 Å². The summed E-state index contributed by atoms with van der Waals surface area (Å²) < 4.78 is 0. The number of nitrogens with one attached hydrogen (secondary N) is 1. The van der Waals surface area contributed by atoms with Gasteiger partial charge >= 0.3 is 0 Å². The number of carbonyl (C=O) groups excluding carboxylic acids is 1. The van der Waals surface area contributed by atoms with Crippen LogP contribution in [0.5, 0.6) is 0 Å². The number of aldehydes is 1. The van der Waals surface area contributed by atoms with Gasteiger partial charge in [-0.3, -0.25) is 9.79 Å². The van der Waals surface area contributed by atoms with Crippen LogP contribution in [0, 0.1) is 0 Å². The molecule has 1 N–H and O–H groups in total. The van der Waals surface area contributed by atoms with Gasteiger partial charge in [-0.25, -0.2) is 9.97 Å². The lowest BCUT2D eigenvalue weighted by molar-refractivity contribution is 0.111. The molecule has 1 aromatic heterocycles. The van der Waals surface area contributed by atoms with E-state index in [4.69, 9.17) is 0 Å². The van der Waals surface area contributed by atoms with E-state index in [0.717, 1.165) is 22.2 Å². The van der Waals surface area contributed by atoms with E-state index < -0.39 is 0 Å². The van der Waals surface area contributed by atoms with E-state index in [1.54, 1.807) is 0 Å². The van der Waals surface area contributed by atoms with E-state index in [9.17, 15) is 4.79 Å². The van der Waals surface area contributed by atoms with Gasteiger partial charge in [0.15, 0.2) is 12.1 Å². The summed E-state index contributed by atoms with van der Waals surface area (Å²) in [6, 6.07) is 15.9. The number of aromatic nitrogens is 2. The molecule has 0 radical (unpaired) electrons. The quantitative estimate of drug-likeness (QED) is 0.379. The van der Waals surface area contributed by atoms with Crippen LogP contribution < -0.4 is 5.32 Å². The van der Waals surface area contributed by atoms with Crippen LogP contribution >= 0.6 is 0 Å². The van der Waals surface area contributed by atoms with Gasteiger partial charge in [0.25, 0.3) is 0 Å². The molecule has 0 bridgehead atoms. The lowest BCUT2D eigenvalue weighted by Gasteiger charge is -2.13. The molecule has 5 nitrogen and oxygen atoms in total. The van der Waals surface area contributed by atoms with Crippen LogP contribution in [0.15, 0.2) is 77.4 Å². The van der Waals surface area contributed by atoms with Crippen molar-refractivity contribution in [1.29, 1.82) is 0 Å². The SMILES string of the molecule is C=N/C(=C\C=C/C)CNc1nc(C=O)nc2cccc(-c3ccccc3)c12. The summed E-state index contributed by atoms with van der Waals surface area (Å²) >= 11 is 0. The largest absolute Gasteiger partial charge is 0.364 e. The Hall–Kier alpha value is -3.60. The highest BCUT2D eigenvalue weighted by atomic mass is 16.1. The zero-order valence-corrected chi connectivity index (χ0v) is 15.1. The number of aliphatic imine (C=N–C) groups is 1. The molecular weight excluding hydrogens is 336 g/mol. The number of allylic oxidation sites excluding steroid dienone is 3. The van der Waals surface area contributed by atoms with Crippen molar-refractivity contribution in [3.05, 3.63) is 78.3 Å². The first-order valence-corrected chi connectivity index (χ1v) is 8.60. The minimum absolute atomic E-state index is 0.140. The van der Waals surface area contributed by atoms with Crippen LogP contribution in [0.3, 0.4) is 0 Å². The number of hydrogen-bond acceptors (Lipinski definition) is 5. The van der Waals surface area contributed by atoms with Crippen LogP contribution in [-0.4, -0.2) is 29.5 Å². The van der Waals surface area contributed by atoms with Crippen molar-refractivity contribution in [2.24, 2.45) is 4.99 Å². The Morgan fingerprint density at radius 1 is 1.15 bits per heavy atom. The molecular formula is C22H20N4O. The highest BCUT2D eigenvalue weighted by molar-refractivity contribution is 6.02. The number of nitrogens with zero attached hydrogens (tertiary/aromatic N) is 3. The van der Waals surface area contributed by atoms with Gasteiger partial charge < -0.3 is 5.32 Å². The summed E-state index contributed by atoms with van der Waals surface area (Å²) in [6.07, 6.45) is 6.35. The number of carbonyl (C=O) groups is 1. The van der Waals surface area contributed by atoms with Crippen molar-refractivity contribution in [1.82, 2.24) is 9.97 Å². The van der Waals surface area contributed by atoms with Crippen molar-refractivity contribution in [2.75, 3.05) is 11.9 Å². The molecule has 0 unspecified atom stereocenters. The number of benzene rings is 2. The van der Waals surface area contributed by atoms with Gasteiger partial charge in [-0.2, -0.15) is 0 Å². The Labute approximate surface area is 158 Å². The van der Waals surface area contributed by atoms with Gasteiger partial charge in [0.1, 0.15) is 5.82 Å². The van der Waals surface area contributed by atoms with Crippen molar-refractivity contribution in [2.45, 2.75) is 6.92 Å². The molecule has 3 aromatic rings. The molecule has 0 saturated heterocycles. The third kappa shape index (κ3) is 4.15. The predicted octanol–water partition coefficient (Wildman–Crippen LogP) is 4.68. The average molecular weight is 356 g/mol. The molecule has 0 aliphatic rings. The Balaban J connectivity index is 2.12. The molecule has 0 aliphatic heterocycles. The fraction of sp³-hybridized carbons (Fsp3) is 0.0909. The normalized spacial score (nSPS) is 11.7. The molecule has 3 rings (SSSR count). The Kier molecular flexibility index (Phi) is 5.84. The highest BCUT2D eigenvalue weighted by Gasteiger charge is 2.13. The van der Waals surface area contributed by atoms with Gasteiger partial charge in [-0.15, -0.1) is 0 Å². The van der Waals surface area contributed by atoms with Crippen molar-refractivity contribution < 1.29 is 4.79 Å². The van der Waals surface area contributed by atoms with Crippen molar-refractivity contribution in [3.63, 3.8) is 0 Å². The summed E-state index contributed by atoms with van der Waals surface area (Å²) in [7, 11) is 0. The second-order valence-electron chi connectivity index (χ2n) is 5.81. The molecule has 5 heteroatoms. The van der Waals surface area contributed by atoms with E-state index in [1.807, 2.05) is 73.7 Å². The van der Waals surface area contributed by atoms with Gasteiger partial charge in [0.05, 0.1) is 23.1 Å². The summed E-state index contributed by atoms with van der Waals surface area (Å²) in [4.78, 5) is 24.1. The van der Waals surface area contributed by atoms with Crippen molar-refractivity contribution >= 4 is 29.7 Å². The Morgan fingerprint density at radius 3 is 2.67 bits per heavy atom. The smallest absolute Gasteiger partial charge is 0.195 e. The van der Waals surface area contributed by atoms with Gasteiger partial charge in [0, 0.05) is 0 Å². The third-order valence-corrected chi connectivity index (χ3v) is 4.05. The van der Waals surface area contributed by atoms with Gasteiger partial charge in [-0.1, -0.05) is 54.6 Å². The monoisotopic (exact) mass is 356 g/mol. The minimum Gasteiger partial charge on any atom is -0.364 e. The van der Waals surface area contributed by atoms with Crippen LogP contribution in [-0.2, 0) is 0 Å². The fourth-order valence-corrected chi connectivity index (χ4v) is 2.79. The molecule has 0 fully saturated rings. The molecule has 0 spiro atoms. The van der Waals surface area contributed by atoms with Crippen molar-refractivity contribution in [3.8, 4) is 11.1 Å². The maximum atomic E-state index is 11.3. The zero-order chi connectivity index (χ0) is 19.1. The first kappa shape index (κ1) is 18.2. The number of hydrogen-bond donors (Lipinski definition) is 1. The lowest BCUT2D eigenvalue weighted by atomic mass is 10.0. The molecule has 0 atom stereocenters. The average Bonchev–Trinajstić information content (AvgIpc) is 2.73. The molecule has 0 amide bonds. The lowest BCUT2D eigenvalue weighted by Crippen LogP contribution is -2.08. The highest BCUT2D eigenvalue weighted by Crippen LogP contribution is 2.32. The summed E-state index contributed by atoms with van der Waals surface area (Å²) in [5.41, 5.74) is 3.53. The predicted molar refractivity (Wildman–Crippen MR) is 111 cm³/mol. The second kappa shape index (κ2) is 8.67. The summed E-state index contributed by atoms with van der Waals surface area (Å²) in [6.45, 7) is 5.97. The molecule has 2 aromatic carbocycles. The number of anilines is 1. The van der Waals surface area contributed by atoms with Crippen LogP contribution in [0.2, 0.25) is 0 Å². The minimum atomic E-state index is 0.140. The van der Waals surface area contributed by atoms with E-state index in [1.165, 1.54) is 0 Å². The Morgan fingerprint density at radius 2 is 1.96 bits per heavy atom. The van der Waals surface area contributed by atoms with E-state index in [-0.39, 0.29) is 5.82 Å². The number of rotatable bonds is 7. The molecule has 1 heterocycles. The zero-order valence-electron chi connectivity index (χ0n) is 15.1. The maximum Gasteiger partial charge on any atom is 0.195 e. The number of fused-ring (bicyclic) bond motifs is 1. The fourth-order valence-electron chi connectivity index (χ4n) is 2.79. The topological polar surface area (TPSA) is 67.2 Å². The Bertz CT molecular complexity index is 1020. The maximum absolute atomic E-state index is 11.3. The second-order valence-corrected chi connectivity index (χ2v) is 5.81. The standard InChI is InChI=1S/C22H20N4O/c1-3-4-11-17(23-2)14-24-22-21-18(16-9-6-5-7-10-16)12-8-13-19(21)25-20(15-27)26-22/h3-13,15H,2,14H2,1H3,(H,24,25,26)/b4-3-,17-11-. The van der Waals surface area contributed by atoms with Crippen LogP contribution in [0.4, 0.5) is 5.82 Å². The summed E-state index contributed by atoms with van der Waals surface area (Å²) in [5, 5.41) is 4.15. The summed E-state index contributed by atoms with van der Waals surface area (Å²) in [5.74, 6) is 0.734. The molecule has 0 aliphatic carbocycles. The van der Waals surface area contributed by atoms with Crippen LogP contribution in [0.1, 0.15) is 17.5 Å². The van der Waals surface area contributed by atoms with E-state index in [2.05, 4.69) is 27.0 Å². The molecule has 134 valence electrons. The first-order chi connectivity index (χ1) is 13.3. The molecule has 0 saturated carbocycles. The van der Waals surface area contributed by atoms with Crippen LogP contribution in [0.25, 0.3) is 22.0 Å². The third-order valence-electron chi connectivity index (χ3n) is 4.05. The van der Waals surface area contributed by atoms with Gasteiger partial charge in [-0.05, 0) is 36.9 Å². The van der Waals surface area contributed by atoms with Gasteiger partial charge in [0.2, 0.25) is 0 Å².